The first-order valence-corrected chi connectivity index (χ1v) is 6.63. The van der Waals surface area contributed by atoms with Gasteiger partial charge in [-0.2, -0.15) is 0 Å². The lowest BCUT2D eigenvalue weighted by Gasteiger charge is -2.43. The van der Waals surface area contributed by atoms with Crippen LogP contribution in [-0.4, -0.2) is 42.1 Å². The van der Waals surface area contributed by atoms with E-state index < -0.39 is 0 Å². The normalized spacial score (nSPS) is 26.2. The van der Waals surface area contributed by atoms with Gasteiger partial charge in [0, 0.05) is 36.9 Å². The molecular weight excluding hydrogens is 234 g/mol. The van der Waals surface area contributed by atoms with E-state index in [1.165, 1.54) is 0 Å². The van der Waals surface area contributed by atoms with Crippen molar-refractivity contribution in [2.75, 3.05) is 25.0 Å². The monoisotopic (exact) mass is 253 g/mol. The summed E-state index contributed by atoms with van der Waals surface area (Å²) in [6.45, 7) is 6.54. The summed E-state index contributed by atoms with van der Waals surface area (Å²) in [5.74, 6) is 1.58. The maximum Gasteiger partial charge on any atom is 0.133 e. The number of piperazine rings is 1. The number of hydrogen-bond donors (Lipinski definition) is 0. The molecule has 0 spiro atoms. The van der Waals surface area contributed by atoms with Crippen LogP contribution < -0.4 is 4.90 Å². The van der Waals surface area contributed by atoms with Crippen molar-refractivity contribution in [3.63, 3.8) is 0 Å². The molecule has 1 aliphatic heterocycles. The highest BCUT2D eigenvalue weighted by atomic mass is 35.5. The third-order valence-electron chi connectivity index (χ3n) is 3.67. The summed E-state index contributed by atoms with van der Waals surface area (Å²) in [7, 11) is 2.19. The zero-order valence-electron chi connectivity index (χ0n) is 10.7. The molecule has 1 fully saturated rings. The van der Waals surface area contributed by atoms with Crippen LogP contribution in [0.5, 0.6) is 0 Å². The second kappa shape index (κ2) is 5.23. The van der Waals surface area contributed by atoms with Gasteiger partial charge in [0.25, 0.3) is 0 Å². The second-order valence-corrected chi connectivity index (χ2v) is 5.16. The van der Waals surface area contributed by atoms with Gasteiger partial charge >= 0.3 is 0 Å². The van der Waals surface area contributed by atoms with Crippen LogP contribution in [-0.2, 0) is 5.88 Å². The molecule has 0 bridgehead atoms. The Bertz CT molecular complexity index is 371. The number of anilines is 1. The van der Waals surface area contributed by atoms with Gasteiger partial charge in [0.15, 0.2) is 0 Å². The topological polar surface area (TPSA) is 19.4 Å². The van der Waals surface area contributed by atoms with Crippen LogP contribution in [0.1, 0.15) is 19.4 Å². The summed E-state index contributed by atoms with van der Waals surface area (Å²) >= 11 is 5.98. The number of pyridine rings is 1. The van der Waals surface area contributed by atoms with E-state index in [4.69, 9.17) is 11.6 Å². The third kappa shape index (κ3) is 2.55. The van der Waals surface area contributed by atoms with Crippen molar-refractivity contribution in [2.24, 2.45) is 0 Å². The average molecular weight is 254 g/mol. The highest BCUT2D eigenvalue weighted by molar-refractivity contribution is 6.17. The fourth-order valence-electron chi connectivity index (χ4n) is 2.40. The minimum atomic E-state index is 0.526. The summed E-state index contributed by atoms with van der Waals surface area (Å²) < 4.78 is 0. The Balaban J connectivity index is 2.22. The minimum absolute atomic E-state index is 0.526. The molecule has 2 rings (SSSR count). The van der Waals surface area contributed by atoms with Crippen LogP contribution in [0.15, 0.2) is 18.3 Å². The molecular formula is C13H20ClN3. The molecule has 0 N–H and O–H groups in total. The predicted octanol–water partition coefficient (Wildman–Crippen LogP) is 2.35. The van der Waals surface area contributed by atoms with Crippen molar-refractivity contribution >= 4 is 17.4 Å². The van der Waals surface area contributed by atoms with E-state index in [1.54, 1.807) is 0 Å². The molecule has 1 aromatic heterocycles. The quantitative estimate of drug-likeness (QED) is 0.755. The number of likely N-dealkylation sites (N-methyl/N-ethyl adjacent to an activating group) is 1. The molecule has 2 heterocycles. The van der Waals surface area contributed by atoms with Crippen LogP contribution >= 0.6 is 11.6 Å². The lowest BCUT2D eigenvalue weighted by molar-refractivity contribution is 0.169. The molecule has 0 radical (unpaired) electrons. The zero-order chi connectivity index (χ0) is 12.4. The van der Waals surface area contributed by atoms with Crippen LogP contribution in [0.3, 0.4) is 0 Å². The molecule has 4 heteroatoms. The molecule has 17 heavy (non-hydrogen) atoms. The van der Waals surface area contributed by atoms with Gasteiger partial charge in [-0.05, 0) is 27.0 Å². The highest BCUT2D eigenvalue weighted by Crippen LogP contribution is 2.23. The molecule has 2 atom stereocenters. The number of hydrogen-bond acceptors (Lipinski definition) is 3. The molecule has 94 valence electrons. The number of alkyl halides is 1. The molecule has 1 saturated heterocycles. The summed E-state index contributed by atoms with van der Waals surface area (Å²) in [5, 5.41) is 0. The van der Waals surface area contributed by atoms with Crippen molar-refractivity contribution in [3.8, 4) is 0 Å². The van der Waals surface area contributed by atoms with Gasteiger partial charge in [-0.15, -0.1) is 11.6 Å². The van der Waals surface area contributed by atoms with Gasteiger partial charge in [0.2, 0.25) is 0 Å². The average Bonchev–Trinajstić information content (AvgIpc) is 2.35. The zero-order valence-corrected chi connectivity index (χ0v) is 11.5. The van der Waals surface area contributed by atoms with Crippen molar-refractivity contribution in [3.05, 3.63) is 23.9 Å². The maximum absolute atomic E-state index is 5.98. The van der Waals surface area contributed by atoms with E-state index in [9.17, 15) is 0 Å². The van der Waals surface area contributed by atoms with E-state index in [-0.39, 0.29) is 0 Å². The maximum atomic E-state index is 5.98. The summed E-state index contributed by atoms with van der Waals surface area (Å²) in [6, 6.07) is 5.10. The lowest BCUT2D eigenvalue weighted by Crippen LogP contribution is -2.55. The van der Waals surface area contributed by atoms with E-state index in [0.29, 0.717) is 18.0 Å². The first-order chi connectivity index (χ1) is 8.13. The molecule has 0 saturated carbocycles. The molecule has 3 nitrogen and oxygen atoms in total. The lowest BCUT2D eigenvalue weighted by atomic mass is 10.1. The van der Waals surface area contributed by atoms with E-state index >= 15 is 0 Å². The smallest absolute Gasteiger partial charge is 0.133 e. The fourth-order valence-corrected chi connectivity index (χ4v) is 2.61. The van der Waals surface area contributed by atoms with Crippen LogP contribution in [0.25, 0.3) is 0 Å². The van der Waals surface area contributed by atoms with E-state index in [0.717, 1.165) is 24.5 Å². The van der Waals surface area contributed by atoms with Crippen LogP contribution in [0, 0.1) is 0 Å². The Morgan fingerprint density at radius 3 is 2.59 bits per heavy atom. The van der Waals surface area contributed by atoms with Gasteiger partial charge in [-0.25, -0.2) is 4.98 Å². The van der Waals surface area contributed by atoms with Crippen molar-refractivity contribution in [2.45, 2.75) is 31.8 Å². The molecule has 0 aliphatic carbocycles. The Hall–Kier alpha value is -0.800. The summed E-state index contributed by atoms with van der Waals surface area (Å²) in [4.78, 5) is 9.26. The van der Waals surface area contributed by atoms with Crippen molar-refractivity contribution in [1.82, 2.24) is 9.88 Å². The Morgan fingerprint density at radius 1 is 1.35 bits per heavy atom. The van der Waals surface area contributed by atoms with E-state index in [1.807, 2.05) is 12.3 Å². The van der Waals surface area contributed by atoms with Gasteiger partial charge in [0.05, 0.1) is 5.88 Å². The first-order valence-electron chi connectivity index (χ1n) is 6.10. The van der Waals surface area contributed by atoms with Gasteiger partial charge in [-0.3, -0.25) is 4.90 Å². The number of aromatic nitrogens is 1. The summed E-state index contributed by atoms with van der Waals surface area (Å²) in [5.41, 5.74) is 1.12. The van der Waals surface area contributed by atoms with Crippen LogP contribution in [0.4, 0.5) is 5.82 Å². The Labute approximate surface area is 108 Å². The molecule has 2 unspecified atom stereocenters. The SMILES string of the molecule is CC1CN(c2ncccc2CCl)CC(C)N1C. The Kier molecular flexibility index (Phi) is 3.89. The number of halogens is 1. The Morgan fingerprint density at radius 2 is 2.00 bits per heavy atom. The van der Waals surface area contributed by atoms with Crippen molar-refractivity contribution in [1.29, 1.82) is 0 Å². The van der Waals surface area contributed by atoms with Gasteiger partial charge in [-0.1, -0.05) is 6.07 Å². The van der Waals surface area contributed by atoms with Gasteiger partial charge < -0.3 is 4.90 Å². The fraction of sp³-hybridized carbons (Fsp3) is 0.615. The summed E-state index contributed by atoms with van der Waals surface area (Å²) in [6.07, 6.45) is 1.85. The van der Waals surface area contributed by atoms with Crippen molar-refractivity contribution < 1.29 is 0 Å². The standard InChI is InChI=1S/C13H20ClN3/c1-10-8-17(9-11(2)16(10)3)13-12(7-14)5-4-6-15-13/h4-6,10-11H,7-9H2,1-3H3. The van der Waals surface area contributed by atoms with E-state index in [2.05, 4.69) is 41.7 Å². The first kappa shape index (κ1) is 12.7. The third-order valence-corrected chi connectivity index (χ3v) is 3.96. The highest BCUT2D eigenvalue weighted by Gasteiger charge is 2.27. The molecule has 1 aromatic rings. The number of rotatable bonds is 2. The van der Waals surface area contributed by atoms with Crippen LogP contribution in [0.2, 0.25) is 0 Å². The predicted molar refractivity (Wildman–Crippen MR) is 72.7 cm³/mol. The molecule has 1 aliphatic rings. The minimum Gasteiger partial charge on any atom is -0.353 e. The van der Waals surface area contributed by atoms with Gasteiger partial charge in [0.1, 0.15) is 5.82 Å². The molecule has 0 amide bonds. The molecule has 0 aromatic carbocycles. The second-order valence-electron chi connectivity index (χ2n) is 4.89. The largest absolute Gasteiger partial charge is 0.353 e. The number of nitrogens with zero attached hydrogens (tertiary/aromatic N) is 3.